The summed E-state index contributed by atoms with van der Waals surface area (Å²) in [5, 5.41) is 15.5. The van der Waals surface area contributed by atoms with E-state index >= 15 is 0 Å². The molecule has 0 radical (unpaired) electrons. The van der Waals surface area contributed by atoms with Crippen LogP contribution in [0.3, 0.4) is 0 Å². The van der Waals surface area contributed by atoms with E-state index in [0.717, 1.165) is 0 Å². The van der Waals surface area contributed by atoms with Gasteiger partial charge in [0.05, 0.1) is 0 Å². The second-order valence-corrected chi connectivity index (χ2v) is 2.85. The smallest absolute Gasteiger partial charge is 0.0533 e. The summed E-state index contributed by atoms with van der Waals surface area (Å²) >= 11 is 0. The SMILES string of the molecule is CCCCCCCCC.OOO. The zero-order valence-corrected chi connectivity index (χ0v) is 8.25. The predicted molar refractivity (Wildman–Crippen MR) is 50.0 cm³/mol. The molecule has 0 heterocycles. The lowest BCUT2D eigenvalue weighted by Crippen LogP contribution is -1.76. The van der Waals surface area contributed by atoms with Gasteiger partial charge < -0.3 is 0 Å². The van der Waals surface area contributed by atoms with Crippen molar-refractivity contribution in [3.05, 3.63) is 0 Å². The van der Waals surface area contributed by atoms with Crippen molar-refractivity contribution in [3.63, 3.8) is 0 Å². The summed E-state index contributed by atoms with van der Waals surface area (Å²) in [6.07, 6.45) is 9.97. The minimum atomic E-state index is 1.37. The number of hydrogen-bond acceptors (Lipinski definition) is 3. The van der Waals surface area contributed by atoms with Gasteiger partial charge in [-0.05, 0) is 0 Å². The normalized spacial score (nSPS) is 9.00. The molecule has 0 aliphatic carbocycles. The van der Waals surface area contributed by atoms with E-state index in [9.17, 15) is 0 Å². The molecule has 2 N–H and O–H groups in total. The highest BCUT2D eigenvalue weighted by Crippen LogP contribution is 2.05. The van der Waals surface area contributed by atoms with Gasteiger partial charge in [-0.1, -0.05) is 63.8 Å². The van der Waals surface area contributed by atoms with Crippen LogP contribution >= 0.6 is 0 Å². The topological polar surface area (TPSA) is 49.7 Å². The van der Waals surface area contributed by atoms with E-state index < -0.39 is 0 Å². The van der Waals surface area contributed by atoms with Crippen LogP contribution in [0.1, 0.15) is 58.8 Å². The summed E-state index contributed by atoms with van der Waals surface area (Å²) in [6, 6.07) is 0. The highest BCUT2D eigenvalue weighted by molar-refractivity contribution is 4.41. The number of hydrogen-bond donors (Lipinski definition) is 2. The van der Waals surface area contributed by atoms with Crippen LogP contribution in [0, 0.1) is 0 Å². The molecule has 0 rings (SSSR count). The van der Waals surface area contributed by atoms with Gasteiger partial charge in [-0.15, -0.1) is 0 Å². The van der Waals surface area contributed by atoms with Crippen LogP contribution in [0.15, 0.2) is 0 Å². The van der Waals surface area contributed by atoms with Crippen molar-refractivity contribution in [2.24, 2.45) is 0 Å². The van der Waals surface area contributed by atoms with Crippen molar-refractivity contribution in [1.82, 2.24) is 0 Å². The van der Waals surface area contributed by atoms with Crippen molar-refractivity contribution in [2.75, 3.05) is 0 Å². The van der Waals surface area contributed by atoms with Crippen molar-refractivity contribution in [2.45, 2.75) is 58.8 Å². The molecule has 3 heteroatoms. The Hall–Kier alpha value is -0.120. The molecule has 76 valence electrons. The van der Waals surface area contributed by atoms with Crippen molar-refractivity contribution in [1.29, 1.82) is 0 Å². The first kappa shape index (κ1) is 14.4. The van der Waals surface area contributed by atoms with Crippen LogP contribution in [-0.4, -0.2) is 10.5 Å². The van der Waals surface area contributed by atoms with Gasteiger partial charge in [0.15, 0.2) is 0 Å². The monoisotopic (exact) mass is 178 g/mol. The largest absolute Gasteiger partial charge is 0.221 e. The third-order valence-corrected chi connectivity index (χ3v) is 1.71. The average molecular weight is 178 g/mol. The van der Waals surface area contributed by atoms with E-state index in [4.69, 9.17) is 10.5 Å². The lowest BCUT2D eigenvalue weighted by Gasteiger charge is -1.96. The Balaban J connectivity index is 0. The maximum atomic E-state index is 6.62. The Bertz CT molecular complexity index is 51.7. The van der Waals surface area contributed by atoms with E-state index in [1.807, 2.05) is 0 Å². The first-order chi connectivity index (χ1) is 5.83. The molecule has 0 spiro atoms. The molecule has 0 aromatic rings. The van der Waals surface area contributed by atoms with Crippen LogP contribution in [0.4, 0.5) is 0 Å². The van der Waals surface area contributed by atoms with Crippen LogP contribution in [0.5, 0.6) is 0 Å². The highest BCUT2D eigenvalue weighted by Gasteiger charge is 1.85. The van der Waals surface area contributed by atoms with Crippen LogP contribution in [0.25, 0.3) is 0 Å². The van der Waals surface area contributed by atoms with Crippen molar-refractivity contribution in [3.8, 4) is 0 Å². The molecule has 0 unspecified atom stereocenters. The first-order valence-corrected chi connectivity index (χ1v) is 4.78. The van der Waals surface area contributed by atoms with Crippen molar-refractivity contribution >= 4 is 0 Å². The van der Waals surface area contributed by atoms with Crippen LogP contribution in [-0.2, 0) is 5.04 Å². The molecule has 12 heavy (non-hydrogen) atoms. The van der Waals surface area contributed by atoms with Gasteiger partial charge in [0.25, 0.3) is 0 Å². The van der Waals surface area contributed by atoms with Gasteiger partial charge in [-0.2, -0.15) is 0 Å². The Morgan fingerprint density at radius 2 is 1.00 bits per heavy atom. The van der Waals surface area contributed by atoms with Crippen LogP contribution in [0.2, 0.25) is 0 Å². The number of unbranched alkanes of at least 4 members (excludes halogenated alkanes) is 6. The van der Waals surface area contributed by atoms with Gasteiger partial charge in [-0.25, -0.2) is 10.5 Å². The maximum Gasteiger partial charge on any atom is -0.0533 e. The minimum Gasteiger partial charge on any atom is -0.221 e. The second-order valence-electron chi connectivity index (χ2n) is 2.85. The summed E-state index contributed by atoms with van der Waals surface area (Å²) in [5.41, 5.74) is 0. The molecular weight excluding hydrogens is 156 g/mol. The summed E-state index contributed by atoms with van der Waals surface area (Å²) in [4.78, 5) is 0. The lowest BCUT2D eigenvalue weighted by molar-refractivity contribution is -0.465. The molecule has 0 atom stereocenters. The first-order valence-electron chi connectivity index (χ1n) is 4.78. The third-order valence-electron chi connectivity index (χ3n) is 1.71. The minimum absolute atomic E-state index is 1.37. The molecule has 0 bridgehead atoms. The van der Waals surface area contributed by atoms with E-state index in [1.165, 1.54) is 44.9 Å². The summed E-state index contributed by atoms with van der Waals surface area (Å²) in [7, 11) is 0. The summed E-state index contributed by atoms with van der Waals surface area (Å²) in [5.74, 6) is 0. The standard InChI is InChI=1S/C9H20.H2O3/c1-3-5-7-9-8-6-4-2;1-3-2/h3-9H2,1-2H3;1-2H. The zero-order valence-electron chi connectivity index (χ0n) is 8.25. The van der Waals surface area contributed by atoms with E-state index in [0.29, 0.717) is 0 Å². The fraction of sp³-hybridized carbons (Fsp3) is 1.00. The molecular formula is C9H22O3. The van der Waals surface area contributed by atoms with Gasteiger partial charge in [-0.3, -0.25) is 0 Å². The molecule has 0 saturated carbocycles. The fourth-order valence-electron chi connectivity index (χ4n) is 1.03. The zero-order chi connectivity index (χ0) is 9.66. The predicted octanol–water partition coefficient (Wildman–Crippen LogP) is 3.71. The second kappa shape index (κ2) is 17.1. The van der Waals surface area contributed by atoms with Crippen molar-refractivity contribution < 1.29 is 15.6 Å². The number of rotatable bonds is 6. The van der Waals surface area contributed by atoms with Gasteiger partial charge in [0.2, 0.25) is 0 Å². The molecule has 0 aliphatic rings. The molecule has 0 fully saturated rings. The quantitative estimate of drug-likeness (QED) is 0.370. The summed E-state index contributed by atoms with van der Waals surface area (Å²) in [6.45, 7) is 4.53. The highest BCUT2D eigenvalue weighted by atomic mass is 17.4. The molecule has 0 saturated heterocycles. The average Bonchev–Trinajstić information content (AvgIpc) is 2.06. The van der Waals surface area contributed by atoms with Gasteiger partial charge >= 0.3 is 0 Å². The Labute approximate surface area is 75.2 Å². The van der Waals surface area contributed by atoms with E-state index in [1.54, 1.807) is 0 Å². The van der Waals surface area contributed by atoms with Crippen LogP contribution < -0.4 is 0 Å². The third kappa shape index (κ3) is 22.5. The Morgan fingerprint density at radius 3 is 1.25 bits per heavy atom. The summed E-state index contributed by atoms with van der Waals surface area (Å²) < 4.78 is 0. The molecule has 0 aromatic heterocycles. The van der Waals surface area contributed by atoms with Gasteiger partial charge in [0, 0.05) is 0 Å². The maximum absolute atomic E-state index is 6.62. The van der Waals surface area contributed by atoms with E-state index in [-0.39, 0.29) is 0 Å². The Morgan fingerprint density at radius 1 is 0.750 bits per heavy atom. The molecule has 0 amide bonds. The van der Waals surface area contributed by atoms with E-state index in [2.05, 4.69) is 18.9 Å². The lowest BCUT2D eigenvalue weighted by atomic mass is 10.1. The fourth-order valence-corrected chi connectivity index (χ4v) is 1.03. The molecule has 0 aliphatic heterocycles. The Kier molecular flexibility index (Phi) is 20.5. The molecule has 3 nitrogen and oxygen atoms in total. The molecule has 0 aromatic carbocycles. The van der Waals surface area contributed by atoms with Gasteiger partial charge in [0.1, 0.15) is 0 Å².